The van der Waals surface area contributed by atoms with Crippen molar-refractivity contribution in [2.75, 3.05) is 11.4 Å². The van der Waals surface area contributed by atoms with Crippen molar-refractivity contribution >= 4 is 33.2 Å². The Kier molecular flexibility index (Phi) is 3.94. The van der Waals surface area contributed by atoms with Gasteiger partial charge in [-0.2, -0.15) is 0 Å². The summed E-state index contributed by atoms with van der Waals surface area (Å²) in [6, 6.07) is 11.8. The van der Waals surface area contributed by atoms with Crippen molar-refractivity contribution in [3.63, 3.8) is 0 Å². The first-order valence-electron chi connectivity index (χ1n) is 6.91. The molecule has 0 aromatic heterocycles. The van der Waals surface area contributed by atoms with E-state index in [0.717, 1.165) is 22.9 Å². The fourth-order valence-corrected chi connectivity index (χ4v) is 2.90. The third kappa shape index (κ3) is 2.74. The number of amides is 1. The van der Waals surface area contributed by atoms with Crippen LogP contribution in [0, 0.1) is 10.1 Å². The second kappa shape index (κ2) is 5.88. The molecule has 0 atom stereocenters. The Hall–Kier alpha value is -2.21. The zero-order valence-electron chi connectivity index (χ0n) is 11.7. The fourth-order valence-electron chi connectivity index (χ4n) is 2.64. The van der Waals surface area contributed by atoms with E-state index in [9.17, 15) is 14.9 Å². The highest BCUT2D eigenvalue weighted by atomic mass is 79.9. The van der Waals surface area contributed by atoms with Crippen LogP contribution in [0.3, 0.4) is 0 Å². The maximum atomic E-state index is 12.7. The lowest BCUT2D eigenvalue weighted by Crippen LogP contribution is -2.35. The van der Waals surface area contributed by atoms with Crippen LogP contribution in [0.1, 0.15) is 22.3 Å². The number of carbonyl (C=O) groups excluding carboxylic acids is 1. The van der Waals surface area contributed by atoms with E-state index in [0.29, 0.717) is 17.8 Å². The predicted molar refractivity (Wildman–Crippen MR) is 87.2 cm³/mol. The van der Waals surface area contributed by atoms with Crippen LogP contribution in [0.4, 0.5) is 11.4 Å². The standard InChI is InChI=1S/C16H13BrN2O3/c17-13-6-3-12(4-7-13)16(20)18-9-1-2-11-5-8-14(19(21)22)10-15(11)18/h3-8,10H,1-2,9H2. The molecule has 0 fully saturated rings. The van der Waals surface area contributed by atoms with Crippen LogP contribution in [0.25, 0.3) is 0 Å². The topological polar surface area (TPSA) is 63.5 Å². The molecule has 0 saturated carbocycles. The van der Waals surface area contributed by atoms with Crippen molar-refractivity contribution in [3.8, 4) is 0 Å². The van der Waals surface area contributed by atoms with Gasteiger partial charge in [-0.15, -0.1) is 0 Å². The minimum absolute atomic E-state index is 0.00857. The lowest BCUT2D eigenvalue weighted by Gasteiger charge is -2.29. The van der Waals surface area contributed by atoms with Crippen LogP contribution >= 0.6 is 15.9 Å². The van der Waals surface area contributed by atoms with E-state index in [1.54, 1.807) is 23.1 Å². The Bertz CT molecular complexity index is 744. The number of hydrogen-bond acceptors (Lipinski definition) is 3. The number of hydrogen-bond donors (Lipinski definition) is 0. The lowest BCUT2D eigenvalue weighted by molar-refractivity contribution is -0.384. The lowest BCUT2D eigenvalue weighted by atomic mass is 10.00. The maximum Gasteiger partial charge on any atom is 0.271 e. The van der Waals surface area contributed by atoms with Crippen LogP contribution < -0.4 is 4.90 Å². The number of benzene rings is 2. The molecule has 1 aliphatic rings. The molecule has 22 heavy (non-hydrogen) atoms. The van der Waals surface area contributed by atoms with E-state index < -0.39 is 4.92 Å². The van der Waals surface area contributed by atoms with Crippen LogP contribution in [-0.4, -0.2) is 17.4 Å². The van der Waals surface area contributed by atoms with Gasteiger partial charge in [0.05, 0.1) is 10.6 Å². The predicted octanol–water partition coefficient (Wildman–Crippen LogP) is 3.95. The second-order valence-corrected chi connectivity index (χ2v) is 6.05. The molecular formula is C16H13BrN2O3. The molecule has 0 unspecified atom stereocenters. The molecule has 0 radical (unpaired) electrons. The van der Waals surface area contributed by atoms with Crippen LogP contribution in [-0.2, 0) is 6.42 Å². The molecule has 5 nitrogen and oxygen atoms in total. The van der Waals surface area contributed by atoms with Crippen LogP contribution in [0.2, 0.25) is 0 Å². The highest BCUT2D eigenvalue weighted by molar-refractivity contribution is 9.10. The number of halogens is 1. The van der Waals surface area contributed by atoms with Crippen molar-refractivity contribution in [1.29, 1.82) is 0 Å². The number of rotatable bonds is 2. The minimum atomic E-state index is -0.433. The first-order chi connectivity index (χ1) is 10.6. The molecule has 0 aliphatic carbocycles. The van der Waals surface area contributed by atoms with E-state index in [1.165, 1.54) is 12.1 Å². The van der Waals surface area contributed by atoms with Gasteiger partial charge in [-0.1, -0.05) is 22.0 Å². The SMILES string of the molecule is O=C(c1ccc(Br)cc1)N1CCCc2ccc([N+](=O)[O-])cc21. The van der Waals surface area contributed by atoms with Gasteiger partial charge >= 0.3 is 0 Å². The normalized spacial score (nSPS) is 13.6. The van der Waals surface area contributed by atoms with Crippen LogP contribution in [0.5, 0.6) is 0 Å². The van der Waals surface area contributed by atoms with Gasteiger partial charge < -0.3 is 4.90 Å². The second-order valence-electron chi connectivity index (χ2n) is 5.14. The third-order valence-corrected chi connectivity index (χ3v) is 4.26. The molecule has 1 heterocycles. The Morgan fingerprint density at radius 1 is 1.18 bits per heavy atom. The van der Waals surface area contributed by atoms with Gasteiger partial charge in [0.2, 0.25) is 0 Å². The smallest absolute Gasteiger partial charge is 0.271 e. The van der Waals surface area contributed by atoms with Gasteiger partial charge in [0.1, 0.15) is 0 Å². The zero-order chi connectivity index (χ0) is 15.7. The number of anilines is 1. The quantitative estimate of drug-likeness (QED) is 0.601. The summed E-state index contributed by atoms with van der Waals surface area (Å²) in [5, 5.41) is 11.0. The summed E-state index contributed by atoms with van der Waals surface area (Å²) in [6.07, 6.45) is 1.69. The molecular weight excluding hydrogens is 348 g/mol. The molecule has 2 aromatic carbocycles. The first kappa shape index (κ1) is 14.7. The number of nitro benzene ring substituents is 1. The summed E-state index contributed by atoms with van der Waals surface area (Å²) >= 11 is 3.34. The molecule has 0 bridgehead atoms. The average Bonchev–Trinajstić information content (AvgIpc) is 2.53. The summed E-state index contributed by atoms with van der Waals surface area (Å²) in [5.41, 5.74) is 2.20. The molecule has 3 rings (SSSR count). The summed E-state index contributed by atoms with van der Waals surface area (Å²) in [7, 11) is 0. The molecule has 0 saturated heterocycles. The zero-order valence-corrected chi connectivity index (χ0v) is 13.2. The first-order valence-corrected chi connectivity index (χ1v) is 7.70. The van der Waals surface area contributed by atoms with Gasteiger partial charge in [-0.25, -0.2) is 0 Å². The molecule has 112 valence electrons. The van der Waals surface area contributed by atoms with E-state index in [-0.39, 0.29) is 11.6 Å². The molecule has 1 amide bonds. The molecule has 1 aliphatic heterocycles. The van der Waals surface area contributed by atoms with E-state index >= 15 is 0 Å². The summed E-state index contributed by atoms with van der Waals surface area (Å²) in [6.45, 7) is 0.572. The highest BCUT2D eigenvalue weighted by Crippen LogP contribution is 2.32. The Labute approximate surface area is 135 Å². The number of nitrogens with zero attached hydrogens (tertiary/aromatic N) is 2. The number of fused-ring (bicyclic) bond motifs is 1. The summed E-state index contributed by atoms with van der Waals surface area (Å²) in [5.74, 6) is -0.131. The Balaban J connectivity index is 1.99. The number of carbonyl (C=O) groups is 1. The van der Waals surface area contributed by atoms with Gasteiger partial charge in [0.25, 0.3) is 11.6 Å². The maximum absolute atomic E-state index is 12.7. The average molecular weight is 361 g/mol. The number of non-ortho nitro benzene ring substituents is 1. The summed E-state index contributed by atoms with van der Waals surface area (Å²) < 4.78 is 0.902. The Morgan fingerprint density at radius 3 is 2.59 bits per heavy atom. The van der Waals surface area contributed by atoms with Crippen LogP contribution in [0.15, 0.2) is 46.9 Å². The van der Waals surface area contributed by atoms with Crippen molar-refractivity contribution in [3.05, 3.63) is 68.2 Å². The number of nitro groups is 1. The Morgan fingerprint density at radius 2 is 1.91 bits per heavy atom. The monoisotopic (exact) mass is 360 g/mol. The molecule has 0 spiro atoms. The summed E-state index contributed by atoms with van der Waals surface area (Å²) in [4.78, 5) is 24.9. The van der Waals surface area contributed by atoms with Crippen molar-refractivity contribution in [2.24, 2.45) is 0 Å². The van der Waals surface area contributed by atoms with Crippen molar-refractivity contribution < 1.29 is 9.72 Å². The van der Waals surface area contributed by atoms with Crippen molar-refractivity contribution in [2.45, 2.75) is 12.8 Å². The fraction of sp³-hybridized carbons (Fsp3) is 0.188. The minimum Gasteiger partial charge on any atom is -0.308 e. The van der Waals surface area contributed by atoms with Gasteiger partial charge in [0.15, 0.2) is 0 Å². The third-order valence-electron chi connectivity index (χ3n) is 3.73. The van der Waals surface area contributed by atoms with Gasteiger partial charge in [-0.05, 0) is 42.7 Å². The van der Waals surface area contributed by atoms with E-state index in [1.807, 2.05) is 12.1 Å². The molecule has 0 N–H and O–H groups in total. The highest BCUT2D eigenvalue weighted by Gasteiger charge is 2.25. The van der Waals surface area contributed by atoms with Crippen molar-refractivity contribution in [1.82, 2.24) is 0 Å². The van der Waals surface area contributed by atoms with E-state index in [2.05, 4.69) is 15.9 Å². The molecule has 6 heteroatoms. The van der Waals surface area contributed by atoms with Gasteiger partial charge in [0, 0.05) is 28.7 Å². The van der Waals surface area contributed by atoms with Gasteiger partial charge in [-0.3, -0.25) is 14.9 Å². The number of aryl methyl sites for hydroxylation is 1. The molecule has 2 aromatic rings. The largest absolute Gasteiger partial charge is 0.308 e. The van der Waals surface area contributed by atoms with E-state index in [4.69, 9.17) is 0 Å².